The number of likely N-dealkylation sites (N-methyl/N-ethyl adjacent to an activating group) is 1. The molecule has 2 N–H and O–H groups in total. The zero-order chi connectivity index (χ0) is 15.3. The molecule has 20 heavy (non-hydrogen) atoms. The SMILES string of the molecule is CC(C)CN(CCN(C)C)C(c1ccc(Cl)s1)C(C)N. The van der Waals surface area contributed by atoms with Gasteiger partial charge in [-0.15, -0.1) is 11.3 Å². The lowest BCUT2D eigenvalue weighted by Gasteiger charge is -2.35. The van der Waals surface area contributed by atoms with E-state index in [1.165, 1.54) is 4.88 Å². The third-order valence-electron chi connectivity index (χ3n) is 3.21. The van der Waals surface area contributed by atoms with Gasteiger partial charge in [-0.05, 0) is 39.1 Å². The fourth-order valence-corrected chi connectivity index (χ4v) is 3.71. The van der Waals surface area contributed by atoms with Gasteiger partial charge in [-0.2, -0.15) is 0 Å². The van der Waals surface area contributed by atoms with Gasteiger partial charge in [0, 0.05) is 30.6 Å². The van der Waals surface area contributed by atoms with E-state index < -0.39 is 0 Å². The Kier molecular flexibility index (Phi) is 7.48. The summed E-state index contributed by atoms with van der Waals surface area (Å²) in [5.74, 6) is 0.619. The van der Waals surface area contributed by atoms with Crippen molar-refractivity contribution in [1.82, 2.24) is 9.80 Å². The van der Waals surface area contributed by atoms with E-state index in [2.05, 4.69) is 50.7 Å². The Hall–Kier alpha value is -0.130. The molecular formula is C15H28ClN3S. The molecule has 116 valence electrons. The molecule has 0 saturated heterocycles. The lowest BCUT2D eigenvalue weighted by Crippen LogP contribution is -2.43. The van der Waals surface area contributed by atoms with Gasteiger partial charge < -0.3 is 10.6 Å². The highest BCUT2D eigenvalue weighted by Crippen LogP contribution is 2.32. The van der Waals surface area contributed by atoms with Gasteiger partial charge in [0.25, 0.3) is 0 Å². The third-order valence-corrected chi connectivity index (χ3v) is 4.51. The van der Waals surface area contributed by atoms with Crippen molar-refractivity contribution in [2.24, 2.45) is 11.7 Å². The Balaban J connectivity index is 2.91. The van der Waals surface area contributed by atoms with Crippen molar-refractivity contribution in [2.45, 2.75) is 32.9 Å². The minimum Gasteiger partial charge on any atom is -0.326 e. The number of halogens is 1. The highest BCUT2D eigenvalue weighted by Gasteiger charge is 2.26. The summed E-state index contributed by atoms with van der Waals surface area (Å²) < 4.78 is 0.836. The molecule has 0 aliphatic heterocycles. The first-order chi connectivity index (χ1) is 9.31. The molecule has 0 bridgehead atoms. The molecule has 1 aromatic rings. The van der Waals surface area contributed by atoms with Crippen molar-refractivity contribution in [3.8, 4) is 0 Å². The molecule has 5 heteroatoms. The topological polar surface area (TPSA) is 32.5 Å². The number of nitrogens with zero attached hydrogens (tertiary/aromatic N) is 2. The molecule has 3 nitrogen and oxygen atoms in total. The van der Waals surface area contributed by atoms with E-state index in [9.17, 15) is 0 Å². The van der Waals surface area contributed by atoms with Gasteiger partial charge in [-0.25, -0.2) is 0 Å². The van der Waals surface area contributed by atoms with Crippen molar-refractivity contribution < 1.29 is 0 Å². The number of hydrogen-bond acceptors (Lipinski definition) is 4. The van der Waals surface area contributed by atoms with Crippen LogP contribution < -0.4 is 5.73 Å². The minimum atomic E-state index is 0.0885. The predicted octanol–water partition coefficient (Wildman–Crippen LogP) is 3.31. The van der Waals surface area contributed by atoms with Gasteiger partial charge in [0.05, 0.1) is 10.4 Å². The smallest absolute Gasteiger partial charge is 0.0931 e. The summed E-state index contributed by atoms with van der Waals surface area (Å²) in [4.78, 5) is 5.98. The molecular weight excluding hydrogens is 290 g/mol. The van der Waals surface area contributed by atoms with Gasteiger partial charge in [0.1, 0.15) is 0 Å². The van der Waals surface area contributed by atoms with Crippen LogP contribution in [0.4, 0.5) is 0 Å². The average Bonchev–Trinajstić information content (AvgIpc) is 2.71. The van der Waals surface area contributed by atoms with E-state index in [0.29, 0.717) is 5.92 Å². The van der Waals surface area contributed by atoms with E-state index in [4.69, 9.17) is 17.3 Å². The average molecular weight is 318 g/mol. The van der Waals surface area contributed by atoms with Crippen molar-refractivity contribution in [3.63, 3.8) is 0 Å². The Bertz CT molecular complexity index is 390. The highest BCUT2D eigenvalue weighted by molar-refractivity contribution is 7.16. The third kappa shape index (κ3) is 5.70. The van der Waals surface area contributed by atoms with Gasteiger partial charge >= 0.3 is 0 Å². The fourth-order valence-electron chi connectivity index (χ4n) is 2.40. The standard InChI is InChI=1S/C15H28ClN3S/c1-11(2)10-19(9-8-18(4)5)15(12(3)17)13-6-7-14(16)20-13/h6-7,11-12,15H,8-10,17H2,1-5H3. The predicted molar refractivity (Wildman–Crippen MR) is 90.7 cm³/mol. The highest BCUT2D eigenvalue weighted by atomic mass is 35.5. The molecule has 1 aromatic heterocycles. The summed E-state index contributed by atoms with van der Waals surface area (Å²) in [7, 11) is 4.22. The molecule has 0 aromatic carbocycles. The van der Waals surface area contributed by atoms with Gasteiger partial charge in [-0.3, -0.25) is 4.90 Å². The first-order valence-electron chi connectivity index (χ1n) is 7.20. The van der Waals surface area contributed by atoms with Crippen LogP contribution in [0.5, 0.6) is 0 Å². The van der Waals surface area contributed by atoms with Crippen LogP contribution in [0.15, 0.2) is 12.1 Å². The van der Waals surface area contributed by atoms with Crippen LogP contribution in [0.25, 0.3) is 0 Å². The zero-order valence-electron chi connectivity index (χ0n) is 13.3. The molecule has 0 saturated carbocycles. The van der Waals surface area contributed by atoms with Crippen LogP contribution in [-0.4, -0.2) is 49.6 Å². The lowest BCUT2D eigenvalue weighted by molar-refractivity contribution is 0.146. The van der Waals surface area contributed by atoms with Gasteiger partial charge in [-0.1, -0.05) is 25.4 Å². The number of hydrogen-bond donors (Lipinski definition) is 1. The van der Waals surface area contributed by atoms with E-state index in [0.717, 1.165) is 24.0 Å². The Morgan fingerprint density at radius 3 is 2.25 bits per heavy atom. The fraction of sp³-hybridized carbons (Fsp3) is 0.733. The van der Waals surface area contributed by atoms with Crippen molar-refractivity contribution in [2.75, 3.05) is 33.7 Å². The summed E-state index contributed by atoms with van der Waals surface area (Å²) in [6.07, 6.45) is 0. The largest absolute Gasteiger partial charge is 0.326 e. The van der Waals surface area contributed by atoms with Crippen LogP contribution in [0.2, 0.25) is 4.34 Å². The summed E-state index contributed by atoms with van der Waals surface area (Å²) >= 11 is 7.74. The first-order valence-corrected chi connectivity index (χ1v) is 8.40. The van der Waals surface area contributed by atoms with E-state index in [1.54, 1.807) is 11.3 Å². The molecule has 0 spiro atoms. The second kappa shape index (κ2) is 8.35. The maximum atomic E-state index is 6.27. The Morgan fingerprint density at radius 2 is 1.85 bits per heavy atom. The normalized spacial score (nSPS) is 15.3. The molecule has 0 amide bonds. The summed E-state index contributed by atoms with van der Waals surface area (Å²) in [5, 5.41) is 0. The van der Waals surface area contributed by atoms with E-state index in [-0.39, 0.29) is 12.1 Å². The number of rotatable bonds is 8. The molecule has 0 aliphatic rings. The number of nitrogens with two attached hydrogens (primary N) is 1. The van der Waals surface area contributed by atoms with Crippen LogP contribution >= 0.6 is 22.9 Å². The minimum absolute atomic E-state index is 0.0885. The maximum Gasteiger partial charge on any atom is 0.0931 e. The van der Waals surface area contributed by atoms with Crippen LogP contribution in [0, 0.1) is 5.92 Å². The van der Waals surface area contributed by atoms with Crippen molar-refractivity contribution in [1.29, 1.82) is 0 Å². The van der Waals surface area contributed by atoms with E-state index >= 15 is 0 Å². The molecule has 0 radical (unpaired) electrons. The molecule has 2 atom stereocenters. The quantitative estimate of drug-likeness (QED) is 0.798. The second-order valence-electron chi connectivity index (χ2n) is 6.14. The molecule has 2 unspecified atom stereocenters. The molecule has 1 heterocycles. The second-order valence-corrected chi connectivity index (χ2v) is 7.88. The van der Waals surface area contributed by atoms with Crippen LogP contribution in [0.3, 0.4) is 0 Å². The molecule has 0 aliphatic carbocycles. The summed E-state index contributed by atoms with van der Waals surface area (Å²) in [6.45, 7) is 9.70. The first kappa shape index (κ1) is 17.9. The van der Waals surface area contributed by atoms with Crippen molar-refractivity contribution >= 4 is 22.9 Å². The maximum absolute atomic E-state index is 6.27. The Morgan fingerprint density at radius 1 is 1.20 bits per heavy atom. The van der Waals surface area contributed by atoms with Crippen LogP contribution in [0.1, 0.15) is 31.7 Å². The molecule has 1 rings (SSSR count). The summed E-state index contributed by atoms with van der Waals surface area (Å²) in [5.41, 5.74) is 6.27. The van der Waals surface area contributed by atoms with Gasteiger partial charge in [0.15, 0.2) is 0 Å². The summed E-state index contributed by atoms with van der Waals surface area (Å²) in [6, 6.07) is 4.42. The zero-order valence-corrected chi connectivity index (χ0v) is 14.8. The Labute approximate surface area is 132 Å². The lowest BCUT2D eigenvalue weighted by atomic mass is 10.0. The molecule has 0 fully saturated rings. The van der Waals surface area contributed by atoms with Crippen LogP contribution in [-0.2, 0) is 0 Å². The van der Waals surface area contributed by atoms with Crippen molar-refractivity contribution in [3.05, 3.63) is 21.3 Å². The monoisotopic (exact) mass is 317 g/mol. The van der Waals surface area contributed by atoms with Gasteiger partial charge in [0.2, 0.25) is 0 Å². The number of thiophene rings is 1. The van der Waals surface area contributed by atoms with E-state index in [1.807, 2.05) is 6.07 Å².